The number of aromatic nitrogens is 2. The summed E-state index contributed by atoms with van der Waals surface area (Å²) in [6.07, 6.45) is 5.75. The summed E-state index contributed by atoms with van der Waals surface area (Å²) in [5.74, 6) is 0.0260. The number of nitrogens with one attached hydrogen (secondary N) is 2. The molecular weight excluding hydrogens is 442 g/mol. The zero-order chi connectivity index (χ0) is 24.2. The normalized spacial score (nSPS) is 17.6. The van der Waals surface area contributed by atoms with Crippen molar-refractivity contribution in [1.82, 2.24) is 19.6 Å². The van der Waals surface area contributed by atoms with Crippen molar-refractivity contribution >= 4 is 22.9 Å². The van der Waals surface area contributed by atoms with Crippen LogP contribution < -0.4 is 10.6 Å². The number of rotatable bonds is 8. The topological polar surface area (TPSA) is 91.1 Å². The third-order valence-electron chi connectivity index (χ3n) is 6.85. The maximum Gasteiger partial charge on any atom is 0.227 e. The van der Waals surface area contributed by atoms with Gasteiger partial charge in [0.2, 0.25) is 5.91 Å². The van der Waals surface area contributed by atoms with Gasteiger partial charge in [0.05, 0.1) is 17.5 Å². The molecule has 0 radical (unpaired) electrons. The molecule has 3 aromatic rings. The lowest BCUT2D eigenvalue weighted by Gasteiger charge is -2.30. The molecule has 0 unspecified atom stereocenters. The number of aliphatic hydroxyl groups is 1. The predicted octanol–water partition coefficient (Wildman–Crippen LogP) is 2.68. The van der Waals surface area contributed by atoms with Crippen LogP contribution in [0.1, 0.15) is 29.7 Å². The number of ether oxygens (including phenoxy) is 1. The van der Waals surface area contributed by atoms with Crippen molar-refractivity contribution in [1.29, 1.82) is 0 Å². The Balaban J connectivity index is 1.13. The van der Waals surface area contributed by atoms with Crippen molar-refractivity contribution in [2.75, 3.05) is 38.2 Å². The highest BCUT2D eigenvalue weighted by Crippen LogP contribution is 2.20. The van der Waals surface area contributed by atoms with Crippen molar-refractivity contribution < 1.29 is 14.6 Å². The number of carbonyl (C=O) groups excluding carboxylic acids is 1. The number of aliphatic hydroxyl groups excluding tert-OH is 1. The monoisotopic (exact) mass is 475 g/mol. The number of imidazole rings is 1. The van der Waals surface area contributed by atoms with Crippen LogP contribution in [-0.4, -0.2) is 64.3 Å². The van der Waals surface area contributed by atoms with Gasteiger partial charge in [-0.2, -0.15) is 0 Å². The van der Waals surface area contributed by atoms with Crippen LogP contribution in [0.5, 0.6) is 0 Å². The van der Waals surface area contributed by atoms with Crippen molar-refractivity contribution in [3.05, 3.63) is 72.2 Å². The molecule has 1 amide bonds. The fourth-order valence-corrected chi connectivity index (χ4v) is 4.82. The number of carbonyl (C=O) groups is 1. The third kappa shape index (κ3) is 5.73. The van der Waals surface area contributed by atoms with Gasteiger partial charge in [-0.25, -0.2) is 4.98 Å². The molecule has 1 saturated heterocycles. The van der Waals surface area contributed by atoms with Crippen LogP contribution in [0.4, 0.5) is 5.69 Å². The van der Waals surface area contributed by atoms with E-state index in [4.69, 9.17) is 4.74 Å². The molecule has 2 aliphatic heterocycles. The fraction of sp³-hybridized carbons (Fsp3) is 0.407. The highest BCUT2D eigenvalue weighted by molar-refractivity contribution is 5.92. The fourth-order valence-electron chi connectivity index (χ4n) is 4.82. The number of anilines is 1. The van der Waals surface area contributed by atoms with Gasteiger partial charge in [-0.15, -0.1) is 0 Å². The number of hydrogen-bond donors (Lipinski definition) is 3. The molecule has 1 aromatic carbocycles. The van der Waals surface area contributed by atoms with Gasteiger partial charge in [0.1, 0.15) is 11.3 Å². The number of amides is 1. The number of fused-ring (bicyclic) bond motifs is 2. The summed E-state index contributed by atoms with van der Waals surface area (Å²) < 4.78 is 7.22. The van der Waals surface area contributed by atoms with Gasteiger partial charge in [-0.3, -0.25) is 9.69 Å². The molecule has 2 aromatic heterocycles. The maximum absolute atomic E-state index is 12.5. The Morgan fingerprint density at radius 3 is 2.80 bits per heavy atom. The molecule has 0 saturated carbocycles. The van der Waals surface area contributed by atoms with Gasteiger partial charge >= 0.3 is 0 Å². The smallest absolute Gasteiger partial charge is 0.227 e. The molecule has 0 spiro atoms. The van der Waals surface area contributed by atoms with Gasteiger partial charge in [0.25, 0.3) is 0 Å². The first kappa shape index (κ1) is 23.5. The van der Waals surface area contributed by atoms with Crippen molar-refractivity contribution in [3.63, 3.8) is 0 Å². The van der Waals surface area contributed by atoms with Crippen LogP contribution in [0, 0.1) is 5.92 Å². The van der Waals surface area contributed by atoms with Gasteiger partial charge in [-0.1, -0.05) is 30.8 Å². The van der Waals surface area contributed by atoms with E-state index in [2.05, 4.69) is 51.4 Å². The second-order valence-electron chi connectivity index (χ2n) is 9.45. The molecule has 8 heteroatoms. The Morgan fingerprint density at radius 1 is 1.17 bits per heavy atom. The van der Waals surface area contributed by atoms with E-state index in [1.165, 1.54) is 11.1 Å². The molecule has 8 nitrogen and oxygen atoms in total. The Hall–Kier alpha value is -3.20. The minimum Gasteiger partial charge on any atom is -0.390 e. The number of benzene rings is 1. The lowest BCUT2D eigenvalue weighted by molar-refractivity contribution is -0.122. The molecule has 2 aliphatic rings. The largest absolute Gasteiger partial charge is 0.390 e. The summed E-state index contributed by atoms with van der Waals surface area (Å²) in [5, 5.41) is 16.8. The van der Waals surface area contributed by atoms with Crippen LogP contribution in [0.3, 0.4) is 0 Å². The van der Waals surface area contributed by atoms with Crippen LogP contribution in [0.25, 0.3) is 11.3 Å². The van der Waals surface area contributed by atoms with E-state index in [9.17, 15) is 9.90 Å². The zero-order valence-corrected chi connectivity index (χ0v) is 19.9. The lowest BCUT2D eigenvalue weighted by atomic mass is 9.99. The van der Waals surface area contributed by atoms with Gasteiger partial charge in [0, 0.05) is 57.7 Å². The third-order valence-corrected chi connectivity index (χ3v) is 6.85. The van der Waals surface area contributed by atoms with Crippen molar-refractivity contribution in [2.24, 2.45) is 5.92 Å². The minimum absolute atomic E-state index is 0.00659. The maximum atomic E-state index is 12.5. The molecule has 184 valence electrons. The summed E-state index contributed by atoms with van der Waals surface area (Å²) in [5.41, 5.74) is 5.61. The second-order valence-corrected chi connectivity index (χ2v) is 9.45. The van der Waals surface area contributed by atoms with E-state index in [-0.39, 0.29) is 11.8 Å². The highest BCUT2D eigenvalue weighted by atomic mass is 16.5. The molecule has 35 heavy (non-hydrogen) atoms. The molecule has 3 N–H and O–H groups in total. The Morgan fingerprint density at radius 2 is 1.97 bits per heavy atom. The molecule has 1 fully saturated rings. The number of nitrogens with zero attached hydrogens (tertiary/aromatic N) is 3. The predicted molar refractivity (Wildman–Crippen MR) is 136 cm³/mol. The number of pyridine rings is 1. The molecule has 0 bridgehead atoms. The number of β-amino-alcohol motifs (C(OH)–C–C–N with tert-alkyl or cyclic N) is 1. The standard InChI is InChI=1S/C27H33N5O3/c1-19(28-14-24(33)17-31-11-8-20-4-2-3-5-22(20)15-31)25-18-32-16-23(6-7-26(32)30-25)29-27(34)21-9-12-35-13-10-21/h2-7,16,18,21,24,28,33H,1,8-15,17H2,(H,29,34)/t24-/m0/s1. The summed E-state index contributed by atoms with van der Waals surface area (Å²) >= 11 is 0. The average molecular weight is 476 g/mol. The van der Waals surface area contributed by atoms with E-state index < -0.39 is 6.10 Å². The Kier molecular flexibility index (Phi) is 7.13. The molecule has 0 aliphatic carbocycles. The minimum atomic E-state index is -0.513. The second kappa shape index (κ2) is 10.6. The summed E-state index contributed by atoms with van der Waals surface area (Å²) in [7, 11) is 0. The molecule has 5 rings (SSSR count). The summed E-state index contributed by atoms with van der Waals surface area (Å²) in [6.45, 7) is 8.21. The first-order chi connectivity index (χ1) is 17.0. The SMILES string of the molecule is C=C(NC[C@H](O)CN1CCc2ccccc2C1)c1cn2cc(NC(=O)C3CCOCC3)ccc2n1. The van der Waals surface area contributed by atoms with E-state index >= 15 is 0 Å². The first-order valence-electron chi connectivity index (χ1n) is 12.3. The molecular formula is C27H33N5O3. The molecule has 4 heterocycles. The Labute approximate surface area is 205 Å². The van der Waals surface area contributed by atoms with Crippen LogP contribution in [0.2, 0.25) is 0 Å². The van der Waals surface area contributed by atoms with E-state index in [1.807, 2.05) is 28.9 Å². The zero-order valence-electron chi connectivity index (χ0n) is 19.9. The van der Waals surface area contributed by atoms with Crippen molar-refractivity contribution in [3.8, 4) is 0 Å². The average Bonchev–Trinajstić information content (AvgIpc) is 3.31. The lowest BCUT2D eigenvalue weighted by Crippen LogP contribution is -2.40. The van der Waals surface area contributed by atoms with Gasteiger partial charge in [0.15, 0.2) is 0 Å². The Bertz CT molecular complexity index is 1200. The van der Waals surface area contributed by atoms with Crippen molar-refractivity contribution in [2.45, 2.75) is 31.9 Å². The molecule has 1 atom stereocenters. The van der Waals surface area contributed by atoms with Crippen LogP contribution in [-0.2, 0) is 22.5 Å². The summed E-state index contributed by atoms with van der Waals surface area (Å²) in [6, 6.07) is 12.2. The van der Waals surface area contributed by atoms with E-state index in [0.717, 1.165) is 43.7 Å². The van der Waals surface area contributed by atoms with E-state index in [1.54, 1.807) is 0 Å². The summed E-state index contributed by atoms with van der Waals surface area (Å²) in [4.78, 5) is 19.4. The van der Waals surface area contributed by atoms with E-state index in [0.29, 0.717) is 37.7 Å². The first-order valence-corrected chi connectivity index (χ1v) is 12.3. The number of hydrogen-bond acceptors (Lipinski definition) is 6. The van der Waals surface area contributed by atoms with Crippen LogP contribution in [0.15, 0.2) is 55.4 Å². The van der Waals surface area contributed by atoms with Gasteiger partial charge in [-0.05, 0) is 42.5 Å². The highest BCUT2D eigenvalue weighted by Gasteiger charge is 2.22. The quantitative estimate of drug-likeness (QED) is 0.464. The van der Waals surface area contributed by atoms with Gasteiger partial charge < -0.3 is 24.9 Å². The van der Waals surface area contributed by atoms with Crippen LogP contribution >= 0.6 is 0 Å².